The van der Waals surface area contributed by atoms with Crippen molar-refractivity contribution in [3.05, 3.63) is 18.2 Å². The number of ether oxygens (including phenoxy) is 1. The molecule has 2 aliphatic rings. The van der Waals surface area contributed by atoms with Crippen LogP contribution >= 0.6 is 0 Å². The molecular weight excluding hydrogens is 318 g/mol. The highest BCUT2D eigenvalue weighted by atomic mass is 16.5. The number of hydrogen-bond acceptors (Lipinski definition) is 4. The van der Waals surface area contributed by atoms with Gasteiger partial charge >= 0.3 is 0 Å². The summed E-state index contributed by atoms with van der Waals surface area (Å²) < 4.78 is 5.55. The van der Waals surface area contributed by atoms with Gasteiger partial charge in [0.05, 0.1) is 11.7 Å². The van der Waals surface area contributed by atoms with E-state index in [0.717, 1.165) is 25.9 Å². The maximum Gasteiger partial charge on any atom is 0.265 e. The lowest BCUT2D eigenvalue weighted by Crippen LogP contribution is -2.49. The van der Waals surface area contributed by atoms with Gasteiger partial charge in [-0.2, -0.15) is 0 Å². The number of nitrogens with one attached hydrogen (secondary N) is 2. The Morgan fingerprint density at radius 3 is 2.68 bits per heavy atom. The standard InChI is InChI=1S/C19H27N3O3/c1-12(2)17(22-9-5-4-6-10-22)19(24)20-14-7-8-16-15(11-14)21-18(23)13(3)25-16/h7-8,11-13,17H,4-6,9-10H2,1-3H3,(H,20,24)(H,21,23)/t13-,17+/m0/s1. The summed E-state index contributed by atoms with van der Waals surface area (Å²) in [4.78, 5) is 26.9. The van der Waals surface area contributed by atoms with E-state index in [1.165, 1.54) is 6.42 Å². The molecule has 6 heteroatoms. The number of nitrogens with zero attached hydrogens (tertiary/aromatic N) is 1. The molecule has 2 aliphatic heterocycles. The lowest BCUT2D eigenvalue weighted by Gasteiger charge is -2.35. The molecule has 0 bridgehead atoms. The van der Waals surface area contributed by atoms with Gasteiger partial charge in [0, 0.05) is 5.69 Å². The van der Waals surface area contributed by atoms with Gasteiger partial charge in [-0.15, -0.1) is 0 Å². The highest BCUT2D eigenvalue weighted by molar-refractivity contribution is 6.00. The highest BCUT2D eigenvalue weighted by Gasteiger charge is 2.30. The molecule has 2 N–H and O–H groups in total. The lowest BCUT2D eigenvalue weighted by atomic mass is 9.98. The molecule has 2 heterocycles. The van der Waals surface area contributed by atoms with E-state index in [1.54, 1.807) is 19.1 Å². The molecule has 2 atom stereocenters. The molecule has 0 saturated carbocycles. The number of hydrogen-bond donors (Lipinski definition) is 2. The number of amides is 2. The van der Waals surface area contributed by atoms with Gasteiger partial charge in [-0.3, -0.25) is 14.5 Å². The van der Waals surface area contributed by atoms with E-state index in [0.29, 0.717) is 17.1 Å². The monoisotopic (exact) mass is 345 g/mol. The van der Waals surface area contributed by atoms with Gasteiger partial charge in [0.2, 0.25) is 5.91 Å². The molecule has 6 nitrogen and oxygen atoms in total. The largest absolute Gasteiger partial charge is 0.479 e. The van der Waals surface area contributed by atoms with Crippen LogP contribution in [0.3, 0.4) is 0 Å². The number of rotatable bonds is 4. The Morgan fingerprint density at radius 2 is 2.00 bits per heavy atom. The summed E-state index contributed by atoms with van der Waals surface area (Å²) in [6.07, 6.45) is 3.04. The van der Waals surface area contributed by atoms with Crippen LogP contribution in [0.15, 0.2) is 18.2 Å². The van der Waals surface area contributed by atoms with Gasteiger partial charge < -0.3 is 15.4 Å². The fraction of sp³-hybridized carbons (Fsp3) is 0.579. The quantitative estimate of drug-likeness (QED) is 0.880. The minimum absolute atomic E-state index is 0.00766. The second kappa shape index (κ2) is 7.44. The number of likely N-dealkylation sites (tertiary alicyclic amines) is 1. The molecule has 0 aromatic heterocycles. The SMILES string of the molecule is CC(C)[C@H](C(=O)Nc1ccc2c(c1)NC(=O)[C@H](C)O2)N1CCCCC1. The van der Waals surface area contributed by atoms with E-state index in [-0.39, 0.29) is 23.8 Å². The first-order valence-corrected chi connectivity index (χ1v) is 9.12. The first kappa shape index (κ1) is 17.7. The van der Waals surface area contributed by atoms with Gasteiger partial charge in [-0.1, -0.05) is 20.3 Å². The zero-order valence-electron chi connectivity index (χ0n) is 15.2. The molecule has 0 aliphatic carbocycles. The molecule has 3 rings (SSSR count). The normalized spacial score (nSPS) is 21.9. The van der Waals surface area contributed by atoms with Crippen molar-refractivity contribution in [2.24, 2.45) is 5.92 Å². The van der Waals surface area contributed by atoms with E-state index in [9.17, 15) is 9.59 Å². The Hall–Kier alpha value is -2.08. The molecule has 0 unspecified atom stereocenters. The minimum atomic E-state index is -0.502. The number of fused-ring (bicyclic) bond motifs is 1. The second-order valence-corrected chi connectivity index (χ2v) is 7.24. The average molecular weight is 345 g/mol. The van der Waals surface area contributed by atoms with Crippen molar-refractivity contribution in [3.63, 3.8) is 0 Å². The maximum atomic E-state index is 12.9. The Morgan fingerprint density at radius 1 is 1.28 bits per heavy atom. The Balaban J connectivity index is 1.73. The van der Waals surface area contributed by atoms with Crippen LogP contribution in [0.2, 0.25) is 0 Å². The molecule has 1 aromatic carbocycles. The zero-order valence-corrected chi connectivity index (χ0v) is 15.2. The number of anilines is 2. The molecule has 2 amide bonds. The maximum absolute atomic E-state index is 12.9. The summed E-state index contributed by atoms with van der Waals surface area (Å²) in [7, 11) is 0. The summed E-state index contributed by atoms with van der Waals surface area (Å²) in [5, 5.41) is 5.82. The predicted molar refractivity (Wildman–Crippen MR) is 97.8 cm³/mol. The summed E-state index contributed by atoms with van der Waals surface area (Å²) in [5.41, 5.74) is 1.27. The Kier molecular flexibility index (Phi) is 5.27. The molecule has 1 saturated heterocycles. The molecule has 136 valence electrons. The molecule has 25 heavy (non-hydrogen) atoms. The van der Waals surface area contributed by atoms with E-state index in [1.807, 2.05) is 6.07 Å². The first-order chi connectivity index (χ1) is 12.0. The Labute approximate surface area is 148 Å². The fourth-order valence-electron chi connectivity index (χ4n) is 3.59. The van der Waals surface area contributed by atoms with Crippen LogP contribution in [0.1, 0.15) is 40.0 Å². The van der Waals surface area contributed by atoms with Gasteiger partial charge in [0.15, 0.2) is 6.10 Å². The molecule has 0 spiro atoms. The third-order valence-corrected chi connectivity index (χ3v) is 4.86. The fourth-order valence-corrected chi connectivity index (χ4v) is 3.59. The van der Waals surface area contributed by atoms with Gasteiger partial charge in [0.25, 0.3) is 5.91 Å². The molecule has 1 fully saturated rings. The smallest absolute Gasteiger partial charge is 0.265 e. The van der Waals surface area contributed by atoms with Crippen LogP contribution in [-0.2, 0) is 9.59 Å². The van der Waals surface area contributed by atoms with Crippen molar-refractivity contribution < 1.29 is 14.3 Å². The summed E-state index contributed by atoms with van der Waals surface area (Å²) in [6, 6.07) is 5.22. The van der Waals surface area contributed by atoms with Crippen LogP contribution in [0.25, 0.3) is 0 Å². The highest BCUT2D eigenvalue weighted by Crippen LogP contribution is 2.32. The van der Waals surface area contributed by atoms with Crippen LogP contribution in [0, 0.1) is 5.92 Å². The van der Waals surface area contributed by atoms with E-state index >= 15 is 0 Å². The topological polar surface area (TPSA) is 70.7 Å². The third kappa shape index (κ3) is 3.95. The van der Waals surface area contributed by atoms with Crippen molar-refractivity contribution in [2.75, 3.05) is 23.7 Å². The van der Waals surface area contributed by atoms with Crippen molar-refractivity contribution in [2.45, 2.75) is 52.2 Å². The summed E-state index contributed by atoms with van der Waals surface area (Å²) in [5.74, 6) is 0.693. The van der Waals surface area contributed by atoms with Crippen LogP contribution < -0.4 is 15.4 Å². The van der Waals surface area contributed by atoms with Crippen LogP contribution in [0.4, 0.5) is 11.4 Å². The average Bonchev–Trinajstić information content (AvgIpc) is 2.57. The predicted octanol–water partition coefficient (Wildman–Crippen LogP) is 2.86. The molecule has 0 radical (unpaired) electrons. The number of benzene rings is 1. The van der Waals surface area contributed by atoms with E-state index in [2.05, 4.69) is 29.4 Å². The van der Waals surface area contributed by atoms with Crippen molar-refractivity contribution in [1.29, 1.82) is 0 Å². The number of piperidine rings is 1. The van der Waals surface area contributed by atoms with Crippen molar-refractivity contribution in [1.82, 2.24) is 4.90 Å². The second-order valence-electron chi connectivity index (χ2n) is 7.24. The van der Waals surface area contributed by atoms with Crippen LogP contribution in [-0.4, -0.2) is 41.9 Å². The molecular formula is C19H27N3O3. The first-order valence-electron chi connectivity index (χ1n) is 9.12. The third-order valence-electron chi connectivity index (χ3n) is 4.86. The van der Waals surface area contributed by atoms with E-state index in [4.69, 9.17) is 4.74 Å². The van der Waals surface area contributed by atoms with Gasteiger partial charge in [0.1, 0.15) is 5.75 Å². The lowest BCUT2D eigenvalue weighted by molar-refractivity contribution is -0.123. The number of carbonyl (C=O) groups excluding carboxylic acids is 2. The van der Waals surface area contributed by atoms with Gasteiger partial charge in [-0.05, 0) is 57.0 Å². The zero-order chi connectivity index (χ0) is 18.0. The van der Waals surface area contributed by atoms with Crippen molar-refractivity contribution in [3.8, 4) is 5.75 Å². The minimum Gasteiger partial charge on any atom is -0.479 e. The summed E-state index contributed by atoms with van der Waals surface area (Å²) >= 11 is 0. The molecule has 1 aromatic rings. The van der Waals surface area contributed by atoms with Gasteiger partial charge in [-0.25, -0.2) is 0 Å². The summed E-state index contributed by atoms with van der Waals surface area (Å²) in [6.45, 7) is 7.83. The van der Waals surface area contributed by atoms with Crippen molar-refractivity contribution >= 4 is 23.2 Å². The Bertz CT molecular complexity index is 653. The van der Waals surface area contributed by atoms with E-state index < -0.39 is 6.10 Å². The number of carbonyl (C=O) groups is 2. The van der Waals surface area contributed by atoms with Crippen LogP contribution in [0.5, 0.6) is 5.75 Å².